The highest BCUT2D eigenvalue weighted by Crippen LogP contribution is 2.42. The van der Waals surface area contributed by atoms with Crippen LogP contribution < -0.4 is 10.1 Å². The number of cyclic esters (lactones) is 1. The third-order valence-corrected chi connectivity index (χ3v) is 4.92. The summed E-state index contributed by atoms with van der Waals surface area (Å²) in [5, 5.41) is 21.5. The molecule has 1 aliphatic heterocycles. The molecule has 0 saturated carbocycles. The molecule has 0 spiro atoms. The SMILES string of the molecule is COc1c(C)c2c(c(O)c1CC=C(C)CCC(=O)NCC(O)C(F)(F)F)C(=O)OC2. The van der Waals surface area contributed by atoms with Crippen LogP contribution in [-0.2, 0) is 22.6 Å². The van der Waals surface area contributed by atoms with Crippen molar-refractivity contribution in [1.29, 1.82) is 0 Å². The van der Waals surface area contributed by atoms with Gasteiger partial charge in [0.05, 0.1) is 13.7 Å². The Kier molecular flexibility index (Phi) is 7.35. The number of aliphatic hydroxyl groups is 1. The molecule has 0 bridgehead atoms. The fourth-order valence-corrected chi connectivity index (χ4v) is 3.13. The third kappa shape index (κ3) is 5.24. The number of phenolic OH excluding ortho intramolecular Hbond substituents is 1. The molecule has 0 aromatic heterocycles. The van der Waals surface area contributed by atoms with E-state index in [2.05, 4.69) is 0 Å². The molecule has 1 aromatic rings. The van der Waals surface area contributed by atoms with Gasteiger partial charge in [-0.15, -0.1) is 0 Å². The number of carbonyl (C=O) groups excluding carboxylic acids is 2. The first-order valence-electron chi connectivity index (χ1n) is 9.22. The lowest BCUT2D eigenvalue weighted by atomic mass is 9.94. The van der Waals surface area contributed by atoms with Gasteiger partial charge in [0.1, 0.15) is 23.7 Å². The Balaban J connectivity index is 2.02. The number of carbonyl (C=O) groups is 2. The van der Waals surface area contributed by atoms with Gasteiger partial charge < -0.3 is 25.0 Å². The minimum Gasteiger partial charge on any atom is -0.507 e. The van der Waals surface area contributed by atoms with Gasteiger partial charge in [0.25, 0.3) is 0 Å². The Morgan fingerprint density at radius 2 is 2.03 bits per heavy atom. The summed E-state index contributed by atoms with van der Waals surface area (Å²) in [7, 11) is 1.45. The van der Waals surface area contributed by atoms with Crippen molar-refractivity contribution < 1.29 is 42.4 Å². The van der Waals surface area contributed by atoms with Crippen LogP contribution in [-0.4, -0.2) is 48.0 Å². The second-order valence-corrected chi connectivity index (χ2v) is 7.03. The maximum atomic E-state index is 12.2. The molecule has 1 heterocycles. The van der Waals surface area contributed by atoms with Gasteiger partial charge in [-0.2, -0.15) is 13.2 Å². The molecule has 10 heteroatoms. The van der Waals surface area contributed by atoms with E-state index in [-0.39, 0.29) is 37.2 Å². The topological polar surface area (TPSA) is 105 Å². The van der Waals surface area contributed by atoms with Crippen LogP contribution in [0.1, 0.15) is 46.8 Å². The normalized spacial score (nSPS) is 14.9. The van der Waals surface area contributed by atoms with Crippen molar-refractivity contribution >= 4 is 11.9 Å². The maximum absolute atomic E-state index is 12.2. The number of hydrogen-bond acceptors (Lipinski definition) is 6. The fourth-order valence-electron chi connectivity index (χ4n) is 3.13. The molecule has 1 unspecified atom stereocenters. The Bertz CT molecular complexity index is 863. The summed E-state index contributed by atoms with van der Waals surface area (Å²) in [5.41, 5.74) is 2.56. The van der Waals surface area contributed by atoms with E-state index in [1.54, 1.807) is 19.9 Å². The number of halogens is 3. The molecule has 2 rings (SSSR count). The molecule has 0 fully saturated rings. The number of ether oxygens (including phenoxy) is 2. The number of allylic oxidation sites excluding steroid dienone is 2. The summed E-state index contributed by atoms with van der Waals surface area (Å²) in [6.45, 7) is 2.66. The van der Waals surface area contributed by atoms with E-state index in [1.807, 2.05) is 5.32 Å². The lowest BCUT2D eigenvalue weighted by molar-refractivity contribution is -0.201. The van der Waals surface area contributed by atoms with E-state index in [0.717, 1.165) is 5.57 Å². The van der Waals surface area contributed by atoms with E-state index < -0.39 is 30.7 Å². The maximum Gasteiger partial charge on any atom is 0.416 e. The highest BCUT2D eigenvalue weighted by atomic mass is 19.4. The number of hydrogen-bond donors (Lipinski definition) is 3. The number of benzene rings is 1. The van der Waals surface area contributed by atoms with Crippen LogP contribution in [0.15, 0.2) is 11.6 Å². The molecular formula is C20H24F3NO6. The van der Waals surface area contributed by atoms with Gasteiger partial charge >= 0.3 is 12.1 Å². The van der Waals surface area contributed by atoms with E-state index in [4.69, 9.17) is 14.6 Å². The minimum atomic E-state index is -4.79. The second kappa shape index (κ2) is 9.38. The van der Waals surface area contributed by atoms with Crippen LogP contribution in [0.25, 0.3) is 0 Å². The van der Waals surface area contributed by atoms with Crippen LogP contribution in [0.4, 0.5) is 13.2 Å². The van der Waals surface area contributed by atoms with Crippen LogP contribution in [0.3, 0.4) is 0 Å². The number of alkyl halides is 3. The molecule has 0 saturated heterocycles. The first-order valence-corrected chi connectivity index (χ1v) is 9.22. The summed E-state index contributed by atoms with van der Waals surface area (Å²) in [6, 6.07) is 0. The van der Waals surface area contributed by atoms with Gasteiger partial charge in [0.15, 0.2) is 6.10 Å². The molecule has 0 aliphatic carbocycles. The molecule has 30 heavy (non-hydrogen) atoms. The summed E-state index contributed by atoms with van der Waals surface area (Å²) in [6.07, 6.45) is -5.24. The average Bonchev–Trinajstić information content (AvgIpc) is 3.07. The van der Waals surface area contributed by atoms with Gasteiger partial charge in [0.2, 0.25) is 5.91 Å². The number of amides is 1. The Morgan fingerprint density at radius 1 is 1.37 bits per heavy atom. The highest BCUT2D eigenvalue weighted by molar-refractivity contribution is 5.98. The first-order chi connectivity index (χ1) is 14.0. The predicted octanol–water partition coefficient (Wildman–Crippen LogP) is 2.69. The van der Waals surface area contributed by atoms with Gasteiger partial charge in [-0.3, -0.25) is 4.79 Å². The zero-order chi connectivity index (χ0) is 22.6. The van der Waals surface area contributed by atoms with Gasteiger partial charge in [0, 0.05) is 17.5 Å². The van der Waals surface area contributed by atoms with Crippen LogP contribution in [0, 0.1) is 6.92 Å². The molecule has 1 atom stereocenters. The monoisotopic (exact) mass is 431 g/mol. The van der Waals surface area contributed by atoms with Gasteiger partial charge in [-0.1, -0.05) is 11.6 Å². The smallest absolute Gasteiger partial charge is 0.416 e. The van der Waals surface area contributed by atoms with Crippen molar-refractivity contribution in [2.75, 3.05) is 13.7 Å². The third-order valence-electron chi connectivity index (χ3n) is 4.92. The molecule has 1 amide bonds. The van der Waals surface area contributed by atoms with E-state index in [9.17, 15) is 27.9 Å². The summed E-state index contributed by atoms with van der Waals surface area (Å²) in [5.74, 6) is -0.999. The molecule has 166 valence electrons. The Hall–Kier alpha value is -2.75. The predicted molar refractivity (Wildman–Crippen MR) is 100 cm³/mol. The number of phenols is 1. The van der Waals surface area contributed by atoms with Gasteiger partial charge in [-0.05, 0) is 32.3 Å². The summed E-state index contributed by atoms with van der Waals surface area (Å²) < 4.78 is 47.1. The van der Waals surface area contributed by atoms with E-state index >= 15 is 0 Å². The molecule has 0 radical (unpaired) electrons. The number of nitrogens with one attached hydrogen (secondary N) is 1. The Labute approximate surface area is 171 Å². The lowest BCUT2D eigenvalue weighted by Crippen LogP contribution is -2.40. The van der Waals surface area contributed by atoms with Gasteiger partial charge in [-0.25, -0.2) is 4.79 Å². The highest BCUT2D eigenvalue weighted by Gasteiger charge is 2.38. The van der Waals surface area contributed by atoms with Crippen LogP contribution in [0.5, 0.6) is 11.5 Å². The van der Waals surface area contributed by atoms with E-state index in [0.29, 0.717) is 22.4 Å². The number of methoxy groups -OCH3 is 1. The molecular weight excluding hydrogens is 407 g/mol. The minimum absolute atomic E-state index is 0.0639. The van der Waals surface area contributed by atoms with Crippen molar-refractivity contribution in [3.05, 3.63) is 33.9 Å². The molecule has 1 aromatic carbocycles. The van der Waals surface area contributed by atoms with Crippen LogP contribution >= 0.6 is 0 Å². The van der Waals surface area contributed by atoms with Crippen molar-refractivity contribution in [2.45, 2.75) is 52.0 Å². The van der Waals surface area contributed by atoms with Crippen LogP contribution in [0.2, 0.25) is 0 Å². The second-order valence-electron chi connectivity index (χ2n) is 7.03. The zero-order valence-corrected chi connectivity index (χ0v) is 16.9. The van der Waals surface area contributed by atoms with Crippen molar-refractivity contribution in [3.8, 4) is 11.5 Å². The number of aromatic hydroxyl groups is 1. The van der Waals surface area contributed by atoms with Crippen molar-refractivity contribution in [2.24, 2.45) is 0 Å². The van der Waals surface area contributed by atoms with E-state index in [1.165, 1.54) is 7.11 Å². The molecule has 1 aliphatic rings. The van der Waals surface area contributed by atoms with Crippen molar-refractivity contribution in [1.82, 2.24) is 5.32 Å². The standard InChI is InChI=1S/C20H24F3NO6/c1-10(5-7-15(26)24-8-14(25)20(21,22)23)4-6-12-17(27)16-13(9-30-19(16)28)11(2)18(12)29-3/h4,14,25,27H,5-9H2,1-3H3,(H,24,26). The Morgan fingerprint density at radius 3 is 2.63 bits per heavy atom. The zero-order valence-electron chi connectivity index (χ0n) is 16.9. The first kappa shape index (κ1) is 23.5. The molecule has 7 nitrogen and oxygen atoms in total. The number of aliphatic hydroxyl groups excluding tert-OH is 1. The van der Waals surface area contributed by atoms with Crippen molar-refractivity contribution in [3.63, 3.8) is 0 Å². The fraction of sp³-hybridized carbons (Fsp3) is 0.500. The summed E-state index contributed by atoms with van der Waals surface area (Å²) >= 11 is 0. The molecule has 3 N–H and O–H groups in total. The number of fused-ring (bicyclic) bond motifs is 1. The number of esters is 1. The largest absolute Gasteiger partial charge is 0.507 e. The quantitative estimate of drug-likeness (QED) is 0.432. The lowest BCUT2D eigenvalue weighted by Gasteiger charge is -2.16. The number of rotatable bonds is 8. The summed E-state index contributed by atoms with van der Waals surface area (Å²) in [4.78, 5) is 23.6. The average molecular weight is 431 g/mol.